The molecular formula is C19H23NO. The molecule has 2 nitrogen and oxygen atoms in total. The van der Waals surface area contributed by atoms with Crippen LogP contribution in [-0.2, 0) is 13.0 Å². The Morgan fingerprint density at radius 3 is 2.57 bits per heavy atom. The van der Waals surface area contributed by atoms with Crippen molar-refractivity contribution in [2.75, 3.05) is 13.7 Å². The molecule has 1 fully saturated rings. The maximum absolute atomic E-state index is 5.25. The van der Waals surface area contributed by atoms with Gasteiger partial charge in [0.1, 0.15) is 5.75 Å². The molecule has 1 aliphatic rings. The molecule has 0 atom stereocenters. The minimum atomic E-state index is 0.847. The third-order valence-corrected chi connectivity index (χ3v) is 4.08. The van der Waals surface area contributed by atoms with E-state index in [9.17, 15) is 0 Å². The van der Waals surface area contributed by atoms with Crippen molar-refractivity contribution in [2.45, 2.75) is 31.7 Å². The first kappa shape index (κ1) is 14.2. The van der Waals surface area contributed by atoms with Gasteiger partial charge in [0.2, 0.25) is 0 Å². The fourth-order valence-electron chi connectivity index (χ4n) is 2.62. The second-order valence-electron chi connectivity index (χ2n) is 5.79. The second kappa shape index (κ2) is 6.77. The van der Waals surface area contributed by atoms with Crippen LogP contribution in [0.25, 0.3) is 0 Å². The van der Waals surface area contributed by atoms with Gasteiger partial charge in [0.25, 0.3) is 0 Å². The van der Waals surface area contributed by atoms with Crippen molar-refractivity contribution < 1.29 is 4.74 Å². The average molecular weight is 281 g/mol. The summed E-state index contributed by atoms with van der Waals surface area (Å²) < 4.78 is 5.25. The highest BCUT2D eigenvalue weighted by atomic mass is 16.5. The van der Waals surface area contributed by atoms with E-state index in [2.05, 4.69) is 41.7 Å². The zero-order valence-corrected chi connectivity index (χ0v) is 12.6. The molecule has 2 aromatic rings. The SMILES string of the molecule is COc1cccc(CCNCc2ccc(C3CC3)cc2)c1. The van der Waals surface area contributed by atoms with E-state index in [0.717, 1.165) is 31.2 Å². The van der Waals surface area contributed by atoms with Crippen LogP contribution in [0.15, 0.2) is 48.5 Å². The third kappa shape index (κ3) is 4.08. The monoisotopic (exact) mass is 281 g/mol. The lowest BCUT2D eigenvalue weighted by molar-refractivity contribution is 0.414. The molecule has 1 aliphatic carbocycles. The molecule has 0 aromatic heterocycles. The van der Waals surface area contributed by atoms with Crippen LogP contribution < -0.4 is 10.1 Å². The molecule has 110 valence electrons. The van der Waals surface area contributed by atoms with Crippen LogP contribution in [0.2, 0.25) is 0 Å². The molecule has 2 aromatic carbocycles. The third-order valence-electron chi connectivity index (χ3n) is 4.08. The number of rotatable bonds is 7. The molecule has 21 heavy (non-hydrogen) atoms. The van der Waals surface area contributed by atoms with Crippen molar-refractivity contribution in [3.05, 3.63) is 65.2 Å². The molecule has 0 radical (unpaired) electrons. The van der Waals surface area contributed by atoms with Crippen LogP contribution >= 0.6 is 0 Å². The Morgan fingerprint density at radius 2 is 1.86 bits per heavy atom. The Bertz CT molecular complexity index is 572. The Labute approximate surface area is 127 Å². The van der Waals surface area contributed by atoms with E-state index in [1.165, 1.54) is 29.5 Å². The maximum atomic E-state index is 5.25. The van der Waals surface area contributed by atoms with E-state index < -0.39 is 0 Å². The lowest BCUT2D eigenvalue weighted by atomic mass is 10.1. The van der Waals surface area contributed by atoms with Gasteiger partial charge in [0, 0.05) is 6.54 Å². The highest BCUT2D eigenvalue weighted by molar-refractivity contribution is 5.29. The quantitative estimate of drug-likeness (QED) is 0.777. The molecule has 0 saturated heterocycles. The van der Waals surface area contributed by atoms with Crippen molar-refractivity contribution in [1.82, 2.24) is 5.32 Å². The van der Waals surface area contributed by atoms with Gasteiger partial charge in [-0.05, 0) is 60.5 Å². The first-order valence-electron chi connectivity index (χ1n) is 7.77. The van der Waals surface area contributed by atoms with Crippen molar-refractivity contribution in [3.8, 4) is 5.75 Å². The molecular weight excluding hydrogens is 258 g/mol. The standard InChI is InChI=1S/C19H23NO/c1-21-19-4-2-3-15(13-19)11-12-20-14-16-5-7-17(8-6-16)18-9-10-18/h2-8,13,18,20H,9-12,14H2,1H3. The molecule has 2 heteroatoms. The number of benzene rings is 2. The van der Waals surface area contributed by atoms with E-state index >= 15 is 0 Å². The smallest absolute Gasteiger partial charge is 0.119 e. The van der Waals surface area contributed by atoms with Crippen molar-refractivity contribution in [1.29, 1.82) is 0 Å². The summed E-state index contributed by atoms with van der Waals surface area (Å²) in [6.45, 7) is 1.92. The van der Waals surface area contributed by atoms with E-state index in [1.807, 2.05) is 12.1 Å². The molecule has 0 aliphatic heterocycles. The predicted octanol–water partition coefficient (Wildman–Crippen LogP) is 3.90. The van der Waals surface area contributed by atoms with Crippen LogP contribution in [0.4, 0.5) is 0 Å². The summed E-state index contributed by atoms with van der Waals surface area (Å²) in [6.07, 6.45) is 3.77. The average Bonchev–Trinajstić information content (AvgIpc) is 3.37. The number of methoxy groups -OCH3 is 1. The van der Waals surface area contributed by atoms with Gasteiger partial charge >= 0.3 is 0 Å². The number of ether oxygens (including phenoxy) is 1. The molecule has 0 amide bonds. The summed E-state index contributed by atoms with van der Waals surface area (Å²) in [5.41, 5.74) is 4.19. The molecule has 0 heterocycles. The molecule has 0 unspecified atom stereocenters. The number of hydrogen-bond donors (Lipinski definition) is 1. The molecule has 3 rings (SSSR count). The van der Waals surface area contributed by atoms with Crippen LogP contribution in [0.3, 0.4) is 0 Å². The Morgan fingerprint density at radius 1 is 1.05 bits per heavy atom. The summed E-state index contributed by atoms with van der Waals surface area (Å²) in [7, 11) is 1.71. The zero-order valence-electron chi connectivity index (χ0n) is 12.6. The fraction of sp³-hybridized carbons (Fsp3) is 0.368. The molecule has 1 saturated carbocycles. The highest BCUT2D eigenvalue weighted by Gasteiger charge is 2.22. The van der Waals surface area contributed by atoms with Crippen molar-refractivity contribution in [3.63, 3.8) is 0 Å². The van der Waals surface area contributed by atoms with Crippen LogP contribution in [0, 0.1) is 0 Å². The first-order chi connectivity index (χ1) is 10.3. The van der Waals surface area contributed by atoms with E-state index in [4.69, 9.17) is 4.74 Å². The van der Waals surface area contributed by atoms with E-state index in [-0.39, 0.29) is 0 Å². The minimum Gasteiger partial charge on any atom is -0.497 e. The largest absolute Gasteiger partial charge is 0.497 e. The van der Waals surface area contributed by atoms with Gasteiger partial charge in [0.15, 0.2) is 0 Å². The van der Waals surface area contributed by atoms with Gasteiger partial charge in [-0.25, -0.2) is 0 Å². The molecule has 0 bridgehead atoms. The Kier molecular flexibility index (Phi) is 4.56. The normalized spacial score (nSPS) is 14.1. The lowest BCUT2D eigenvalue weighted by Crippen LogP contribution is -2.16. The lowest BCUT2D eigenvalue weighted by Gasteiger charge is -2.07. The van der Waals surface area contributed by atoms with Gasteiger partial charge in [-0.1, -0.05) is 36.4 Å². The van der Waals surface area contributed by atoms with Gasteiger partial charge in [-0.3, -0.25) is 0 Å². The van der Waals surface area contributed by atoms with Crippen LogP contribution in [0.1, 0.15) is 35.4 Å². The number of hydrogen-bond acceptors (Lipinski definition) is 2. The summed E-state index contributed by atoms with van der Waals surface area (Å²) in [4.78, 5) is 0. The van der Waals surface area contributed by atoms with Crippen LogP contribution in [0.5, 0.6) is 5.75 Å². The topological polar surface area (TPSA) is 21.3 Å². The zero-order chi connectivity index (χ0) is 14.5. The Balaban J connectivity index is 1.42. The maximum Gasteiger partial charge on any atom is 0.119 e. The number of nitrogens with one attached hydrogen (secondary N) is 1. The fourth-order valence-corrected chi connectivity index (χ4v) is 2.62. The van der Waals surface area contributed by atoms with Crippen LogP contribution in [-0.4, -0.2) is 13.7 Å². The van der Waals surface area contributed by atoms with Gasteiger partial charge in [0.05, 0.1) is 7.11 Å². The van der Waals surface area contributed by atoms with Gasteiger partial charge in [-0.15, -0.1) is 0 Å². The molecule has 1 N–H and O–H groups in total. The summed E-state index contributed by atoms with van der Waals surface area (Å²) in [5.74, 6) is 1.78. The summed E-state index contributed by atoms with van der Waals surface area (Å²) in [5, 5.41) is 3.51. The van der Waals surface area contributed by atoms with Crippen molar-refractivity contribution >= 4 is 0 Å². The second-order valence-corrected chi connectivity index (χ2v) is 5.79. The molecule has 0 spiro atoms. The van der Waals surface area contributed by atoms with E-state index in [0.29, 0.717) is 0 Å². The van der Waals surface area contributed by atoms with E-state index in [1.54, 1.807) is 7.11 Å². The van der Waals surface area contributed by atoms with Gasteiger partial charge < -0.3 is 10.1 Å². The minimum absolute atomic E-state index is 0.847. The highest BCUT2D eigenvalue weighted by Crippen LogP contribution is 2.39. The van der Waals surface area contributed by atoms with Gasteiger partial charge in [-0.2, -0.15) is 0 Å². The predicted molar refractivity (Wildman–Crippen MR) is 86.8 cm³/mol. The van der Waals surface area contributed by atoms with Crippen molar-refractivity contribution in [2.24, 2.45) is 0 Å². The first-order valence-corrected chi connectivity index (χ1v) is 7.77. The Hall–Kier alpha value is -1.80. The summed E-state index contributed by atoms with van der Waals surface area (Å²) in [6, 6.07) is 17.4. The summed E-state index contributed by atoms with van der Waals surface area (Å²) >= 11 is 0.